The maximum atomic E-state index is 12.6. The van der Waals surface area contributed by atoms with E-state index in [-0.39, 0.29) is 11.9 Å². The predicted octanol–water partition coefficient (Wildman–Crippen LogP) is 4.31. The molecule has 0 unspecified atom stereocenters. The Morgan fingerprint density at radius 3 is 2.33 bits per heavy atom. The molecule has 10 heteroatoms. The van der Waals surface area contributed by atoms with Crippen molar-refractivity contribution in [2.75, 3.05) is 42.6 Å². The van der Waals surface area contributed by atoms with Gasteiger partial charge in [-0.3, -0.25) is 4.79 Å². The van der Waals surface area contributed by atoms with Gasteiger partial charge in [-0.25, -0.2) is 4.79 Å². The van der Waals surface area contributed by atoms with E-state index in [1.165, 1.54) is 28.7 Å². The van der Waals surface area contributed by atoms with Crippen molar-refractivity contribution >= 4 is 51.5 Å². The van der Waals surface area contributed by atoms with Crippen molar-refractivity contribution in [3.8, 4) is 0 Å². The number of aryl methyl sites for hydroxylation is 1. The van der Waals surface area contributed by atoms with E-state index in [2.05, 4.69) is 39.9 Å². The first-order valence-electron chi connectivity index (χ1n) is 10.8. The lowest BCUT2D eigenvalue weighted by atomic mass is 10.1. The van der Waals surface area contributed by atoms with E-state index in [0.29, 0.717) is 37.1 Å². The summed E-state index contributed by atoms with van der Waals surface area (Å²) in [4.78, 5) is 28.6. The topological polar surface area (TPSA) is 90.5 Å². The number of aromatic nitrogens is 2. The number of thioether (sulfide) groups is 1. The van der Waals surface area contributed by atoms with Crippen LogP contribution in [0.4, 0.5) is 21.3 Å². The summed E-state index contributed by atoms with van der Waals surface area (Å²) in [6.07, 6.45) is 1.00. The summed E-state index contributed by atoms with van der Waals surface area (Å²) in [5.41, 5.74) is 3.01. The molecule has 0 bridgehead atoms. The van der Waals surface area contributed by atoms with Gasteiger partial charge in [-0.1, -0.05) is 60.4 Å². The molecule has 1 aliphatic heterocycles. The Hall–Kier alpha value is -3.11. The van der Waals surface area contributed by atoms with Gasteiger partial charge in [0.15, 0.2) is 4.34 Å². The molecule has 1 saturated heterocycles. The molecule has 2 heterocycles. The smallest absolute Gasteiger partial charge is 0.321 e. The van der Waals surface area contributed by atoms with Gasteiger partial charge in [0.05, 0.1) is 5.75 Å². The maximum absolute atomic E-state index is 12.6. The van der Waals surface area contributed by atoms with Crippen LogP contribution in [0.25, 0.3) is 0 Å². The van der Waals surface area contributed by atoms with Gasteiger partial charge < -0.3 is 20.4 Å². The van der Waals surface area contributed by atoms with Crippen molar-refractivity contribution in [2.45, 2.75) is 17.7 Å². The van der Waals surface area contributed by atoms with Gasteiger partial charge in [0.2, 0.25) is 11.0 Å². The van der Waals surface area contributed by atoms with Crippen molar-refractivity contribution in [2.24, 2.45) is 0 Å². The van der Waals surface area contributed by atoms with E-state index < -0.39 is 0 Å². The van der Waals surface area contributed by atoms with Gasteiger partial charge in [0.1, 0.15) is 0 Å². The third kappa shape index (κ3) is 6.45. The summed E-state index contributed by atoms with van der Waals surface area (Å²) in [5.74, 6) is 0.346. The number of carbonyl (C=O) groups excluding carboxylic acids is 2. The van der Waals surface area contributed by atoms with Crippen LogP contribution in [0.5, 0.6) is 0 Å². The van der Waals surface area contributed by atoms with Gasteiger partial charge in [-0.05, 0) is 36.2 Å². The monoisotopic (exact) mass is 482 g/mol. The Morgan fingerprint density at radius 2 is 1.64 bits per heavy atom. The first kappa shape index (κ1) is 23.1. The van der Waals surface area contributed by atoms with Crippen LogP contribution in [0.2, 0.25) is 0 Å². The molecule has 0 spiro atoms. The molecule has 33 heavy (non-hydrogen) atoms. The number of carbonyl (C=O) groups is 2. The number of hydrogen-bond donors (Lipinski definition) is 2. The number of benzene rings is 2. The largest absolute Gasteiger partial charge is 0.338 e. The zero-order valence-corrected chi connectivity index (χ0v) is 20.0. The Balaban J connectivity index is 1.20. The van der Waals surface area contributed by atoms with Crippen LogP contribution in [0, 0.1) is 0 Å². The highest BCUT2D eigenvalue weighted by molar-refractivity contribution is 8.01. The number of urea groups is 1. The van der Waals surface area contributed by atoms with Crippen LogP contribution in [0.15, 0.2) is 58.9 Å². The highest BCUT2D eigenvalue weighted by Gasteiger charge is 2.24. The molecule has 0 aliphatic carbocycles. The minimum Gasteiger partial charge on any atom is -0.338 e. The molecule has 4 rings (SSSR count). The number of piperazine rings is 1. The van der Waals surface area contributed by atoms with Crippen LogP contribution in [0.1, 0.15) is 12.5 Å². The molecule has 0 atom stereocenters. The molecule has 2 aromatic carbocycles. The summed E-state index contributed by atoms with van der Waals surface area (Å²) in [5, 5.41) is 15.2. The van der Waals surface area contributed by atoms with Gasteiger partial charge in [0, 0.05) is 37.6 Å². The zero-order chi connectivity index (χ0) is 23.0. The van der Waals surface area contributed by atoms with Crippen LogP contribution < -0.4 is 10.6 Å². The van der Waals surface area contributed by atoms with Gasteiger partial charge >= 0.3 is 6.03 Å². The summed E-state index contributed by atoms with van der Waals surface area (Å²) in [6, 6.07) is 17.5. The second kappa shape index (κ2) is 11.2. The number of nitrogens with zero attached hydrogens (tertiary/aromatic N) is 4. The van der Waals surface area contributed by atoms with Crippen LogP contribution >= 0.6 is 23.1 Å². The Labute approximate surface area is 201 Å². The van der Waals surface area contributed by atoms with Crippen LogP contribution in [0.3, 0.4) is 0 Å². The number of rotatable bonds is 7. The van der Waals surface area contributed by atoms with Crippen LogP contribution in [-0.2, 0) is 11.2 Å². The van der Waals surface area contributed by atoms with Gasteiger partial charge in [-0.15, -0.1) is 10.2 Å². The summed E-state index contributed by atoms with van der Waals surface area (Å²) < 4.78 is 0.747. The molecular weight excluding hydrogens is 456 g/mol. The zero-order valence-electron chi connectivity index (χ0n) is 18.4. The molecule has 3 amide bonds. The fraction of sp³-hybridized carbons (Fsp3) is 0.304. The SMILES string of the molecule is CCc1ccc(Nc2nnc(SCC(=O)N3CCN(C(=O)Nc4ccccc4)CC3)s2)cc1. The molecule has 1 fully saturated rings. The Bertz CT molecular complexity index is 1070. The normalized spacial score (nSPS) is 13.6. The number of anilines is 3. The quantitative estimate of drug-likeness (QED) is 0.488. The van der Waals surface area contributed by atoms with Crippen molar-refractivity contribution in [3.63, 3.8) is 0 Å². The highest BCUT2D eigenvalue weighted by atomic mass is 32.2. The maximum Gasteiger partial charge on any atom is 0.321 e. The first-order valence-corrected chi connectivity index (χ1v) is 12.6. The van der Waals surface area contributed by atoms with Gasteiger partial charge in [-0.2, -0.15) is 0 Å². The van der Waals surface area contributed by atoms with Crippen molar-refractivity contribution in [1.29, 1.82) is 0 Å². The number of nitrogens with one attached hydrogen (secondary N) is 2. The third-order valence-electron chi connectivity index (χ3n) is 5.28. The minimum atomic E-state index is -0.138. The summed E-state index contributed by atoms with van der Waals surface area (Å²) in [6.45, 7) is 4.20. The van der Waals surface area contributed by atoms with E-state index in [9.17, 15) is 9.59 Å². The molecule has 2 N–H and O–H groups in total. The van der Waals surface area contributed by atoms with Crippen molar-refractivity contribution in [3.05, 3.63) is 60.2 Å². The molecule has 8 nitrogen and oxygen atoms in total. The lowest BCUT2D eigenvalue weighted by Gasteiger charge is -2.34. The second-order valence-corrected chi connectivity index (χ2v) is 9.70. The van der Waals surface area contributed by atoms with E-state index in [1.807, 2.05) is 42.5 Å². The third-order valence-corrected chi connectivity index (χ3v) is 7.24. The van der Waals surface area contributed by atoms with Crippen molar-refractivity contribution in [1.82, 2.24) is 20.0 Å². The van der Waals surface area contributed by atoms with E-state index in [1.54, 1.807) is 9.80 Å². The molecule has 172 valence electrons. The van der Waals surface area contributed by atoms with Gasteiger partial charge in [0.25, 0.3) is 0 Å². The predicted molar refractivity (Wildman–Crippen MR) is 133 cm³/mol. The van der Waals surface area contributed by atoms with E-state index in [4.69, 9.17) is 0 Å². The fourth-order valence-corrected chi connectivity index (χ4v) is 5.04. The average Bonchev–Trinajstić information content (AvgIpc) is 3.31. The molecule has 3 aromatic rings. The average molecular weight is 483 g/mol. The summed E-state index contributed by atoms with van der Waals surface area (Å²) in [7, 11) is 0. The van der Waals surface area contributed by atoms with Crippen LogP contribution in [-0.4, -0.2) is 63.9 Å². The molecular formula is C23H26N6O2S2. The Morgan fingerprint density at radius 1 is 0.939 bits per heavy atom. The van der Waals surface area contributed by atoms with Crippen molar-refractivity contribution < 1.29 is 9.59 Å². The lowest BCUT2D eigenvalue weighted by molar-refractivity contribution is -0.129. The first-order chi connectivity index (χ1) is 16.1. The molecule has 0 saturated carbocycles. The standard InChI is InChI=1S/C23H26N6O2S2/c1-2-17-8-10-19(11-9-17)24-21-26-27-23(33-21)32-16-20(30)28-12-14-29(15-13-28)22(31)25-18-6-4-3-5-7-18/h3-11H,2,12-16H2,1H3,(H,24,26)(H,25,31). The van der Waals surface area contributed by atoms with E-state index >= 15 is 0 Å². The second-order valence-electron chi connectivity index (χ2n) is 7.50. The number of amides is 3. The lowest BCUT2D eigenvalue weighted by Crippen LogP contribution is -2.52. The number of hydrogen-bond acceptors (Lipinski definition) is 7. The molecule has 0 radical (unpaired) electrons. The Kier molecular flexibility index (Phi) is 7.79. The summed E-state index contributed by atoms with van der Waals surface area (Å²) >= 11 is 2.82. The van der Waals surface area contributed by atoms with E-state index in [0.717, 1.165) is 22.1 Å². The molecule has 1 aliphatic rings. The fourth-order valence-electron chi connectivity index (χ4n) is 3.36. The minimum absolute atomic E-state index is 0.0444. The number of para-hydroxylation sites is 1. The highest BCUT2D eigenvalue weighted by Crippen LogP contribution is 2.28. The molecule has 1 aromatic heterocycles.